The summed E-state index contributed by atoms with van der Waals surface area (Å²) >= 11 is 0. The molecule has 1 N–H and O–H groups in total. The van der Waals surface area contributed by atoms with Crippen LogP contribution >= 0.6 is 0 Å². The number of H-pyrrole nitrogens is 1. The van der Waals surface area contributed by atoms with Crippen LogP contribution in [0.15, 0.2) is 29.2 Å². The Hall–Kier alpha value is -2.10. The van der Waals surface area contributed by atoms with Crippen molar-refractivity contribution in [3.63, 3.8) is 0 Å². The second kappa shape index (κ2) is 3.57. The third kappa shape index (κ3) is 1.50. The lowest BCUT2D eigenvalue weighted by Crippen LogP contribution is -2.06. The molecule has 0 spiro atoms. The predicted molar refractivity (Wildman–Crippen MR) is 56.5 cm³/mol. The van der Waals surface area contributed by atoms with Gasteiger partial charge in [-0.1, -0.05) is 0 Å². The molecule has 76 valence electrons. The number of aromatic nitrogens is 1. The first-order valence-corrected chi connectivity index (χ1v) is 4.41. The third-order valence-corrected chi connectivity index (χ3v) is 2.27. The quantitative estimate of drug-likeness (QED) is 0.749. The van der Waals surface area contributed by atoms with Crippen molar-refractivity contribution >= 4 is 17.1 Å². The van der Waals surface area contributed by atoms with Gasteiger partial charge in [0.1, 0.15) is 5.75 Å². The van der Waals surface area contributed by atoms with Gasteiger partial charge in [0.05, 0.1) is 7.11 Å². The molecule has 0 unspecified atom stereocenters. The average molecular weight is 203 g/mol. The Kier molecular flexibility index (Phi) is 2.25. The fraction of sp³-hybridized carbons (Fsp3) is 0.0909. The summed E-state index contributed by atoms with van der Waals surface area (Å²) in [6, 6.07) is 5.00. The molecule has 0 bridgehead atoms. The highest BCUT2D eigenvalue weighted by Gasteiger charge is 2.04. The van der Waals surface area contributed by atoms with Gasteiger partial charge in [0.15, 0.2) is 6.29 Å². The zero-order valence-electron chi connectivity index (χ0n) is 8.11. The summed E-state index contributed by atoms with van der Waals surface area (Å²) in [7, 11) is 1.54. The number of hydrogen-bond donors (Lipinski definition) is 1. The van der Waals surface area contributed by atoms with Gasteiger partial charge < -0.3 is 9.72 Å². The van der Waals surface area contributed by atoms with E-state index in [4.69, 9.17) is 4.74 Å². The molecule has 1 aromatic heterocycles. The Morgan fingerprint density at radius 3 is 2.80 bits per heavy atom. The van der Waals surface area contributed by atoms with E-state index >= 15 is 0 Å². The highest BCUT2D eigenvalue weighted by atomic mass is 16.5. The molecule has 0 radical (unpaired) electrons. The number of methoxy groups -OCH3 is 1. The first kappa shape index (κ1) is 9.45. The van der Waals surface area contributed by atoms with Crippen molar-refractivity contribution in [1.82, 2.24) is 4.98 Å². The Bertz CT molecular complexity index is 572. The van der Waals surface area contributed by atoms with E-state index in [1.807, 2.05) is 0 Å². The van der Waals surface area contributed by atoms with Gasteiger partial charge in [-0.3, -0.25) is 9.59 Å². The van der Waals surface area contributed by atoms with Crippen molar-refractivity contribution < 1.29 is 9.53 Å². The molecule has 0 saturated heterocycles. The van der Waals surface area contributed by atoms with E-state index in [1.165, 1.54) is 13.3 Å². The summed E-state index contributed by atoms with van der Waals surface area (Å²) in [4.78, 5) is 24.7. The standard InChI is InChI=1S/C11H9NO3/c1-15-8-2-3-9-10(4-8)7(6-13)5-12-11(9)14/h2-6H,1H3,(H,12,14). The molecule has 2 rings (SSSR count). The van der Waals surface area contributed by atoms with Gasteiger partial charge in [0, 0.05) is 22.5 Å². The first-order chi connectivity index (χ1) is 7.26. The number of ether oxygens (including phenoxy) is 1. The lowest BCUT2D eigenvalue weighted by Gasteiger charge is -2.03. The third-order valence-electron chi connectivity index (χ3n) is 2.27. The number of carbonyl (C=O) groups excluding carboxylic acids is 1. The zero-order chi connectivity index (χ0) is 10.8. The fourth-order valence-corrected chi connectivity index (χ4v) is 1.48. The lowest BCUT2D eigenvalue weighted by atomic mass is 10.1. The number of carbonyl (C=O) groups is 1. The number of aldehydes is 1. The molecular weight excluding hydrogens is 194 g/mol. The number of pyridine rings is 1. The molecule has 15 heavy (non-hydrogen) atoms. The molecule has 0 aliphatic carbocycles. The van der Waals surface area contributed by atoms with E-state index in [9.17, 15) is 9.59 Å². The van der Waals surface area contributed by atoms with Crippen LogP contribution in [0.3, 0.4) is 0 Å². The molecule has 1 aromatic carbocycles. The van der Waals surface area contributed by atoms with E-state index in [0.717, 1.165) is 0 Å². The summed E-state index contributed by atoms with van der Waals surface area (Å²) in [6.45, 7) is 0. The molecule has 0 saturated carbocycles. The maximum Gasteiger partial charge on any atom is 0.255 e. The summed E-state index contributed by atoms with van der Waals surface area (Å²) in [5.74, 6) is 0.621. The summed E-state index contributed by atoms with van der Waals surface area (Å²) < 4.78 is 5.03. The van der Waals surface area contributed by atoms with Gasteiger partial charge in [-0.25, -0.2) is 0 Å². The number of rotatable bonds is 2. The Morgan fingerprint density at radius 1 is 1.33 bits per heavy atom. The van der Waals surface area contributed by atoms with Crippen LogP contribution in [0.2, 0.25) is 0 Å². The van der Waals surface area contributed by atoms with Gasteiger partial charge in [0.2, 0.25) is 0 Å². The molecule has 0 aliphatic heterocycles. The molecule has 4 heteroatoms. The zero-order valence-corrected chi connectivity index (χ0v) is 8.11. The van der Waals surface area contributed by atoms with E-state index < -0.39 is 0 Å². The maximum absolute atomic E-state index is 11.4. The van der Waals surface area contributed by atoms with Crippen LogP contribution in [0.25, 0.3) is 10.8 Å². The highest BCUT2D eigenvalue weighted by molar-refractivity contribution is 5.97. The Labute approximate surface area is 85.5 Å². The topological polar surface area (TPSA) is 59.2 Å². The number of nitrogens with one attached hydrogen (secondary N) is 1. The van der Waals surface area contributed by atoms with Crippen LogP contribution < -0.4 is 10.3 Å². The average Bonchev–Trinajstić information content (AvgIpc) is 2.29. The molecule has 0 fully saturated rings. The maximum atomic E-state index is 11.4. The van der Waals surface area contributed by atoms with E-state index in [-0.39, 0.29) is 5.56 Å². The van der Waals surface area contributed by atoms with Crippen LogP contribution in [0, 0.1) is 0 Å². The molecule has 2 aromatic rings. The second-order valence-electron chi connectivity index (χ2n) is 3.10. The predicted octanol–water partition coefficient (Wildman–Crippen LogP) is 1.35. The van der Waals surface area contributed by atoms with Crippen molar-refractivity contribution in [1.29, 1.82) is 0 Å². The highest BCUT2D eigenvalue weighted by Crippen LogP contribution is 2.19. The van der Waals surface area contributed by atoms with Gasteiger partial charge >= 0.3 is 0 Å². The normalized spacial score (nSPS) is 10.2. The van der Waals surface area contributed by atoms with Crippen LogP contribution in [0.1, 0.15) is 10.4 Å². The SMILES string of the molecule is COc1ccc2c(=O)[nH]cc(C=O)c2c1. The number of fused-ring (bicyclic) bond motifs is 1. The minimum Gasteiger partial charge on any atom is -0.497 e. The Morgan fingerprint density at radius 2 is 2.13 bits per heavy atom. The molecule has 0 amide bonds. The first-order valence-electron chi connectivity index (χ1n) is 4.41. The van der Waals surface area contributed by atoms with Crippen LogP contribution in [0.4, 0.5) is 0 Å². The van der Waals surface area contributed by atoms with Crippen LogP contribution in [-0.2, 0) is 0 Å². The molecule has 0 atom stereocenters. The lowest BCUT2D eigenvalue weighted by molar-refractivity contribution is 0.112. The van der Waals surface area contributed by atoms with Crippen LogP contribution in [-0.4, -0.2) is 18.4 Å². The van der Waals surface area contributed by atoms with Crippen molar-refractivity contribution in [3.8, 4) is 5.75 Å². The Balaban J connectivity index is 2.88. The van der Waals surface area contributed by atoms with Crippen molar-refractivity contribution in [2.24, 2.45) is 0 Å². The number of hydrogen-bond acceptors (Lipinski definition) is 3. The largest absolute Gasteiger partial charge is 0.497 e. The second-order valence-corrected chi connectivity index (χ2v) is 3.10. The molecule has 0 aliphatic rings. The van der Waals surface area contributed by atoms with Gasteiger partial charge in [0.25, 0.3) is 5.56 Å². The summed E-state index contributed by atoms with van der Waals surface area (Å²) in [5, 5.41) is 1.09. The minimum atomic E-state index is -0.210. The van der Waals surface area contributed by atoms with Gasteiger partial charge in [-0.15, -0.1) is 0 Å². The van der Waals surface area contributed by atoms with Crippen molar-refractivity contribution in [3.05, 3.63) is 40.3 Å². The smallest absolute Gasteiger partial charge is 0.255 e. The number of aromatic amines is 1. The van der Waals surface area contributed by atoms with Crippen molar-refractivity contribution in [2.75, 3.05) is 7.11 Å². The van der Waals surface area contributed by atoms with Gasteiger partial charge in [-0.2, -0.15) is 0 Å². The monoisotopic (exact) mass is 203 g/mol. The van der Waals surface area contributed by atoms with Crippen LogP contribution in [0.5, 0.6) is 5.75 Å². The summed E-state index contributed by atoms with van der Waals surface area (Å²) in [6.07, 6.45) is 2.11. The van der Waals surface area contributed by atoms with E-state index in [1.54, 1.807) is 18.2 Å². The van der Waals surface area contributed by atoms with E-state index in [2.05, 4.69) is 4.98 Å². The molecule has 1 heterocycles. The molecular formula is C11H9NO3. The van der Waals surface area contributed by atoms with E-state index in [0.29, 0.717) is 28.4 Å². The molecule has 4 nitrogen and oxygen atoms in total. The minimum absolute atomic E-state index is 0.210. The number of benzene rings is 1. The fourth-order valence-electron chi connectivity index (χ4n) is 1.48. The van der Waals surface area contributed by atoms with Crippen molar-refractivity contribution in [2.45, 2.75) is 0 Å². The summed E-state index contributed by atoms with van der Waals surface area (Å²) in [5.41, 5.74) is 0.238. The van der Waals surface area contributed by atoms with Gasteiger partial charge in [-0.05, 0) is 18.2 Å².